The van der Waals surface area contributed by atoms with Crippen molar-refractivity contribution in [3.05, 3.63) is 45.1 Å². The van der Waals surface area contributed by atoms with Crippen molar-refractivity contribution < 1.29 is 29.0 Å². The second kappa shape index (κ2) is 13.3. The molecule has 0 spiro atoms. The lowest BCUT2D eigenvalue weighted by Gasteiger charge is -2.24. The van der Waals surface area contributed by atoms with Crippen molar-refractivity contribution in [1.29, 1.82) is 0 Å². The van der Waals surface area contributed by atoms with Crippen LogP contribution in [0.15, 0.2) is 30.3 Å². The summed E-state index contributed by atoms with van der Waals surface area (Å²) in [4.78, 5) is 54.5. The molecule has 1 aliphatic heterocycles. The van der Waals surface area contributed by atoms with Crippen LogP contribution < -0.4 is 15.4 Å². The number of hydrogen-bond donors (Lipinski definition) is 3. The van der Waals surface area contributed by atoms with Gasteiger partial charge in [-0.1, -0.05) is 11.6 Å². The number of nitrogens with zero attached hydrogens (tertiary/aromatic N) is 2. The molecule has 12 heteroatoms. The number of carbonyl (C=O) groups is 4. The molecule has 10 nitrogen and oxygen atoms in total. The van der Waals surface area contributed by atoms with Crippen LogP contribution in [0.2, 0.25) is 4.34 Å². The SMILES string of the molecule is C[C@@H]1NC(=O)COc2cc(O)cc(c2)C(=O)NCCCN(C(=O)c2ccc(Cl)s2)CCCCN(C)C1=O. The number of carbonyl (C=O) groups excluding carboxylic acids is 4. The number of halogens is 1. The summed E-state index contributed by atoms with van der Waals surface area (Å²) >= 11 is 7.22. The van der Waals surface area contributed by atoms with Gasteiger partial charge in [0.2, 0.25) is 5.91 Å². The van der Waals surface area contributed by atoms with Gasteiger partial charge in [-0.3, -0.25) is 19.2 Å². The Morgan fingerprint density at radius 3 is 2.57 bits per heavy atom. The number of likely N-dealkylation sites (N-methyl/N-ethyl adjacent to an activating group) is 1. The molecular formula is C25H31ClN4O6S. The molecule has 0 saturated heterocycles. The largest absolute Gasteiger partial charge is 0.508 e. The van der Waals surface area contributed by atoms with E-state index in [2.05, 4.69) is 10.6 Å². The monoisotopic (exact) mass is 550 g/mol. The first-order valence-electron chi connectivity index (χ1n) is 12.0. The third-order valence-electron chi connectivity index (χ3n) is 5.78. The number of phenols is 1. The Bertz CT molecular complexity index is 1140. The summed E-state index contributed by atoms with van der Waals surface area (Å²) in [5, 5.41) is 15.4. The highest BCUT2D eigenvalue weighted by molar-refractivity contribution is 7.17. The van der Waals surface area contributed by atoms with E-state index in [1.54, 1.807) is 35.9 Å². The molecule has 3 rings (SSSR count). The highest BCUT2D eigenvalue weighted by Crippen LogP contribution is 2.24. The van der Waals surface area contributed by atoms with Crippen molar-refractivity contribution in [1.82, 2.24) is 20.4 Å². The number of rotatable bonds is 1. The lowest BCUT2D eigenvalue weighted by molar-refractivity contribution is -0.135. The summed E-state index contributed by atoms with van der Waals surface area (Å²) in [7, 11) is 1.67. The molecule has 2 heterocycles. The van der Waals surface area contributed by atoms with Crippen LogP contribution in [0.1, 0.15) is 46.2 Å². The number of aromatic hydroxyl groups is 1. The average Bonchev–Trinajstić information content (AvgIpc) is 3.30. The summed E-state index contributed by atoms with van der Waals surface area (Å²) in [6.07, 6.45) is 1.83. The Labute approximate surface area is 224 Å². The molecule has 37 heavy (non-hydrogen) atoms. The summed E-state index contributed by atoms with van der Waals surface area (Å²) < 4.78 is 5.96. The van der Waals surface area contributed by atoms with Crippen LogP contribution in [0.5, 0.6) is 11.5 Å². The van der Waals surface area contributed by atoms with Gasteiger partial charge in [-0.15, -0.1) is 11.3 Å². The molecule has 200 valence electrons. The van der Waals surface area contributed by atoms with Gasteiger partial charge in [-0.05, 0) is 50.5 Å². The number of phenolic OH excluding ortho intramolecular Hbond substituents is 1. The predicted molar refractivity (Wildman–Crippen MR) is 140 cm³/mol. The molecule has 2 aromatic rings. The van der Waals surface area contributed by atoms with Crippen LogP contribution in [-0.2, 0) is 9.59 Å². The van der Waals surface area contributed by atoms with Gasteiger partial charge < -0.3 is 30.3 Å². The normalized spacial score (nSPS) is 19.0. The van der Waals surface area contributed by atoms with E-state index in [9.17, 15) is 24.3 Å². The minimum atomic E-state index is -0.765. The van der Waals surface area contributed by atoms with Crippen LogP contribution in [0.25, 0.3) is 0 Å². The van der Waals surface area contributed by atoms with E-state index in [1.807, 2.05) is 0 Å². The molecule has 1 atom stereocenters. The summed E-state index contributed by atoms with van der Waals surface area (Å²) in [5.74, 6) is -1.38. The Morgan fingerprint density at radius 2 is 1.84 bits per heavy atom. The van der Waals surface area contributed by atoms with Gasteiger partial charge in [0.05, 0.1) is 9.21 Å². The zero-order chi connectivity index (χ0) is 26.9. The van der Waals surface area contributed by atoms with Gasteiger partial charge in [0.25, 0.3) is 17.7 Å². The number of fused-ring (bicyclic) bond motifs is 2. The molecule has 1 aromatic carbocycles. The van der Waals surface area contributed by atoms with Crippen molar-refractivity contribution in [2.24, 2.45) is 0 Å². The van der Waals surface area contributed by atoms with Crippen molar-refractivity contribution in [2.45, 2.75) is 32.2 Å². The Kier molecular flexibility index (Phi) is 10.2. The molecule has 4 amide bonds. The van der Waals surface area contributed by atoms with Crippen LogP contribution in [-0.4, -0.2) is 84.4 Å². The smallest absolute Gasteiger partial charge is 0.263 e. The average molecular weight is 551 g/mol. The number of thiophene rings is 1. The number of hydrogen-bond acceptors (Lipinski definition) is 7. The minimum Gasteiger partial charge on any atom is -0.508 e. The number of ether oxygens (including phenoxy) is 1. The fourth-order valence-corrected chi connectivity index (χ4v) is 4.87. The van der Waals surface area contributed by atoms with Gasteiger partial charge in [0, 0.05) is 44.9 Å². The van der Waals surface area contributed by atoms with E-state index in [-0.39, 0.29) is 35.5 Å². The summed E-state index contributed by atoms with van der Waals surface area (Å²) in [6, 6.07) is 6.61. The molecule has 0 radical (unpaired) electrons. The zero-order valence-electron chi connectivity index (χ0n) is 20.8. The van der Waals surface area contributed by atoms with Crippen molar-refractivity contribution in [3.8, 4) is 11.5 Å². The van der Waals surface area contributed by atoms with E-state index >= 15 is 0 Å². The van der Waals surface area contributed by atoms with Crippen molar-refractivity contribution in [3.63, 3.8) is 0 Å². The zero-order valence-corrected chi connectivity index (χ0v) is 22.4. The van der Waals surface area contributed by atoms with E-state index in [4.69, 9.17) is 16.3 Å². The lowest BCUT2D eigenvalue weighted by Crippen LogP contribution is -2.47. The molecule has 0 saturated carbocycles. The highest BCUT2D eigenvalue weighted by Gasteiger charge is 2.21. The third kappa shape index (κ3) is 8.36. The quantitative estimate of drug-likeness (QED) is 0.500. The topological polar surface area (TPSA) is 128 Å². The van der Waals surface area contributed by atoms with E-state index < -0.39 is 17.9 Å². The molecule has 0 fully saturated rings. The standard InChI is InChI=1S/C25H31ClN4O6S/c1-16-24(34)29(2)9-3-4-10-30(25(35)20-6-7-21(26)37-20)11-5-8-27-23(33)17-12-18(31)14-19(13-17)36-15-22(32)28-16/h6-7,12-14,16,31H,3-5,8-11,15H2,1-2H3,(H,27,33)(H,28,32)/t16-/m0/s1. The molecule has 2 bridgehead atoms. The Morgan fingerprint density at radius 1 is 1.11 bits per heavy atom. The Balaban J connectivity index is 1.75. The second-order valence-corrected chi connectivity index (χ2v) is 10.5. The van der Waals surface area contributed by atoms with Crippen molar-refractivity contribution >= 4 is 46.6 Å². The maximum Gasteiger partial charge on any atom is 0.263 e. The molecular weight excluding hydrogens is 520 g/mol. The number of nitrogens with one attached hydrogen (secondary N) is 2. The molecule has 0 aliphatic carbocycles. The maximum absolute atomic E-state index is 13.1. The lowest BCUT2D eigenvalue weighted by atomic mass is 10.2. The van der Waals surface area contributed by atoms with Gasteiger partial charge in [0.1, 0.15) is 17.5 Å². The van der Waals surface area contributed by atoms with Crippen LogP contribution in [0.3, 0.4) is 0 Å². The first kappa shape index (κ1) is 28.3. The van der Waals surface area contributed by atoms with E-state index in [1.165, 1.54) is 29.5 Å². The molecule has 1 aliphatic rings. The first-order chi connectivity index (χ1) is 17.6. The third-order valence-corrected chi connectivity index (χ3v) is 7.00. The second-order valence-electron chi connectivity index (χ2n) is 8.77. The number of amides is 4. The minimum absolute atomic E-state index is 0.136. The fraction of sp³-hybridized carbons (Fsp3) is 0.440. The molecule has 1 aromatic heterocycles. The van der Waals surface area contributed by atoms with Crippen LogP contribution in [0, 0.1) is 0 Å². The van der Waals surface area contributed by atoms with Crippen LogP contribution >= 0.6 is 22.9 Å². The van der Waals surface area contributed by atoms with Gasteiger partial charge >= 0.3 is 0 Å². The first-order valence-corrected chi connectivity index (χ1v) is 13.2. The van der Waals surface area contributed by atoms with E-state index in [0.717, 1.165) is 0 Å². The molecule has 3 N–H and O–H groups in total. The maximum atomic E-state index is 13.1. The highest BCUT2D eigenvalue weighted by atomic mass is 35.5. The van der Waals surface area contributed by atoms with Crippen LogP contribution in [0.4, 0.5) is 0 Å². The number of benzene rings is 1. The molecule has 0 unspecified atom stereocenters. The summed E-state index contributed by atoms with van der Waals surface area (Å²) in [6.45, 7) is 2.86. The van der Waals surface area contributed by atoms with Gasteiger partial charge in [-0.2, -0.15) is 0 Å². The predicted octanol–water partition coefficient (Wildman–Crippen LogP) is 2.51. The van der Waals surface area contributed by atoms with Crippen molar-refractivity contribution in [2.75, 3.05) is 39.8 Å². The van der Waals surface area contributed by atoms with Gasteiger partial charge in [0.15, 0.2) is 6.61 Å². The fourth-order valence-electron chi connectivity index (χ4n) is 3.86. The Hall–Kier alpha value is -3.31. The van der Waals surface area contributed by atoms with E-state index in [0.29, 0.717) is 54.7 Å². The summed E-state index contributed by atoms with van der Waals surface area (Å²) in [5.41, 5.74) is 0.163. The van der Waals surface area contributed by atoms with Gasteiger partial charge in [-0.25, -0.2) is 0 Å².